The Morgan fingerprint density at radius 2 is 2.44 bits per heavy atom. The third-order valence-corrected chi connectivity index (χ3v) is 4.67. The zero-order chi connectivity index (χ0) is 11.5. The van der Waals surface area contributed by atoms with E-state index in [1.807, 2.05) is 11.7 Å². The second-order valence-corrected chi connectivity index (χ2v) is 5.72. The SMILES string of the molecule is CC1CCC(CN)CN1C(C)c1cncs1. The molecule has 1 aromatic heterocycles. The van der Waals surface area contributed by atoms with Crippen molar-refractivity contribution in [2.45, 2.75) is 38.8 Å². The van der Waals surface area contributed by atoms with Crippen molar-refractivity contribution in [2.24, 2.45) is 11.7 Å². The van der Waals surface area contributed by atoms with Crippen molar-refractivity contribution in [1.29, 1.82) is 0 Å². The first-order chi connectivity index (χ1) is 7.72. The van der Waals surface area contributed by atoms with E-state index in [2.05, 4.69) is 23.7 Å². The number of thiazole rings is 1. The molecule has 16 heavy (non-hydrogen) atoms. The van der Waals surface area contributed by atoms with E-state index in [0.29, 0.717) is 18.0 Å². The molecule has 90 valence electrons. The average molecular weight is 239 g/mol. The minimum atomic E-state index is 0.483. The maximum atomic E-state index is 5.79. The van der Waals surface area contributed by atoms with Gasteiger partial charge < -0.3 is 5.73 Å². The summed E-state index contributed by atoms with van der Waals surface area (Å²) in [5.41, 5.74) is 7.71. The summed E-state index contributed by atoms with van der Waals surface area (Å²) in [5, 5.41) is 0. The Balaban J connectivity index is 2.06. The van der Waals surface area contributed by atoms with E-state index < -0.39 is 0 Å². The van der Waals surface area contributed by atoms with Gasteiger partial charge in [0, 0.05) is 29.7 Å². The lowest BCUT2D eigenvalue weighted by Gasteiger charge is -2.41. The van der Waals surface area contributed by atoms with Gasteiger partial charge in [0.05, 0.1) is 5.51 Å². The molecule has 1 aliphatic rings. The molecule has 1 aromatic rings. The Kier molecular flexibility index (Phi) is 3.95. The van der Waals surface area contributed by atoms with Crippen molar-refractivity contribution < 1.29 is 0 Å². The molecule has 3 atom stereocenters. The summed E-state index contributed by atoms with van der Waals surface area (Å²) in [6.45, 7) is 6.56. The molecule has 1 saturated heterocycles. The average Bonchev–Trinajstić information content (AvgIpc) is 2.82. The van der Waals surface area contributed by atoms with Crippen molar-refractivity contribution in [1.82, 2.24) is 9.88 Å². The van der Waals surface area contributed by atoms with Crippen LogP contribution in [-0.4, -0.2) is 29.0 Å². The highest BCUT2D eigenvalue weighted by atomic mass is 32.1. The predicted octanol–water partition coefficient (Wildman–Crippen LogP) is 2.26. The molecular formula is C12H21N3S. The first kappa shape index (κ1) is 12.0. The Bertz CT molecular complexity index is 312. The molecule has 1 fully saturated rings. The standard InChI is InChI=1S/C12H21N3S/c1-9-3-4-11(5-13)7-15(9)10(2)12-6-14-8-16-12/h6,8-11H,3-5,7,13H2,1-2H3. The van der Waals surface area contributed by atoms with Crippen LogP contribution < -0.4 is 5.73 Å². The summed E-state index contributed by atoms with van der Waals surface area (Å²) in [6.07, 6.45) is 4.54. The molecule has 4 heteroatoms. The fourth-order valence-electron chi connectivity index (χ4n) is 2.54. The van der Waals surface area contributed by atoms with Gasteiger partial charge in [0.15, 0.2) is 0 Å². The molecule has 2 rings (SSSR count). The maximum Gasteiger partial charge on any atom is 0.0794 e. The van der Waals surface area contributed by atoms with Gasteiger partial charge in [0.1, 0.15) is 0 Å². The predicted molar refractivity (Wildman–Crippen MR) is 68.5 cm³/mol. The van der Waals surface area contributed by atoms with Gasteiger partial charge in [-0.2, -0.15) is 0 Å². The highest BCUT2D eigenvalue weighted by molar-refractivity contribution is 7.09. The van der Waals surface area contributed by atoms with Crippen LogP contribution in [-0.2, 0) is 0 Å². The van der Waals surface area contributed by atoms with Gasteiger partial charge in [-0.25, -0.2) is 0 Å². The van der Waals surface area contributed by atoms with Crippen LogP contribution in [0.15, 0.2) is 11.7 Å². The van der Waals surface area contributed by atoms with Crippen LogP contribution in [0.4, 0.5) is 0 Å². The molecule has 0 bridgehead atoms. The molecule has 0 aliphatic carbocycles. The molecule has 0 amide bonds. The van der Waals surface area contributed by atoms with Gasteiger partial charge in [-0.1, -0.05) is 0 Å². The van der Waals surface area contributed by atoms with Gasteiger partial charge in [-0.05, 0) is 39.2 Å². The zero-order valence-electron chi connectivity index (χ0n) is 10.1. The molecule has 0 aromatic carbocycles. The summed E-state index contributed by atoms with van der Waals surface area (Å²) < 4.78 is 0. The normalized spacial score (nSPS) is 29.2. The summed E-state index contributed by atoms with van der Waals surface area (Å²) in [6, 6.07) is 1.15. The number of hydrogen-bond acceptors (Lipinski definition) is 4. The van der Waals surface area contributed by atoms with Crippen LogP contribution in [0.25, 0.3) is 0 Å². The van der Waals surface area contributed by atoms with Crippen LogP contribution in [0.2, 0.25) is 0 Å². The van der Waals surface area contributed by atoms with Crippen LogP contribution in [0.5, 0.6) is 0 Å². The van der Waals surface area contributed by atoms with E-state index in [-0.39, 0.29) is 0 Å². The molecule has 0 saturated carbocycles. The lowest BCUT2D eigenvalue weighted by atomic mass is 9.92. The smallest absolute Gasteiger partial charge is 0.0794 e. The summed E-state index contributed by atoms with van der Waals surface area (Å²) >= 11 is 1.75. The van der Waals surface area contributed by atoms with Crippen LogP contribution in [0.3, 0.4) is 0 Å². The summed E-state index contributed by atoms with van der Waals surface area (Å²) in [4.78, 5) is 8.11. The minimum Gasteiger partial charge on any atom is -0.330 e. The molecular weight excluding hydrogens is 218 g/mol. The van der Waals surface area contributed by atoms with Crippen molar-refractivity contribution in [3.8, 4) is 0 Å². The first-order valence-electron chi connectivity index (χ1n) is 6.06. The summed E-state index contributed by atoms with van der Waals surface area (Å²) in [7, 11) is 0. The summed E-state index contributed by atoms with van der Waals surface area (Å²) in [5.74, 6) is 0.673. The largest absolute Gasteiger partial charge is 0.330 e. The number of nitrogens with two attached hydrogens (primary N) is 1. The molecule has 3 unspecified atom stereocenters. The molecule has 2 N–H and O–H groups in total. The molecule has 3 nitrogen and oxygen atoms in total. The Morgan fingerprint density at radius 1 is 1.62 bits per heavy atom. The molecule has 1 aliphatic heterocycles. The Labute approximate surface area is 102 Å². The third kappa shape index (κ3) is 2.44. The second-order valence-electron chi connectivity index (χ2n) is 4.80. The highest BCUT2D eigenvalue weighted by Gasteiger charge is 2.29. The fourth-order valence-corrected chi connectivity index (χ4v) is 3.24. The van der Waals surface area contributed by atoms with Gasteiger partial charge in [-0.3, -0.25) is 9.88 Å². The minimum absolute atomic E-state index is 0.483. The van der Waals surface area contributed by atoms with Crippen LogP contribution in [0.1, 0.15) is 37.6 Å². The second kappa shape index (κ2) is 5.25. The number of hydrogen-bond donors (Lipinski definition) is 1. The topological polar surface area (TPSA) is 42.1 Å². The highest BCUT2D eigenvalue weighted by Crippen LogP contribution is 2.31. The van der Waals surface area contributed by atoms with Crippen LogP contribution in [0, 0.1) is 5.92 Å². The number of likely N-dealkylation sites (tertiary alicyclic amines) is 1. The van der Waals surface area contributed by atoms with Crippen molar-refractivity contribution in [2.75, 3.05) is 13.1 Å². The number of aromatic nitrogens is 1. The zero-order valence-corrected chi connectivity index (χ0v) is 10.9. The fraction of sp³-hybridized carbons (Fsp3) is 0.750. The van der Waals surface area contributed by atoms with E-state index >= 15 is 0 Å². The lowest BCUT2D eigenvalue weighted by Crippen LogP contribution is -2.44. The Morgan fingerprint density at radius 3 is 3.06 bits per heavy atom. The quantitative estimate of drug-likeness (QED) is 0.880. The van der Waals surface area contributed by atoms with Gasteiger partial charge in [0.25, 0.3) is 0 Å². The number of rotatable bonds is 3. The van der Waals surface area contributed by atoms with E-state index in [0.717, 1.165) is 13.1 Å². The number of piperidine rings is 1. The van der Waals surface area contributed by atoms with E-state index in [1.54, 1.807) is 11.3 Å². The van der Waals surface area contributed by atoms with E-state index in [1.165, 1.54) is 17.7 Å². The van der Waals surface area contributed by atoms with E-state index in [9.17, 15) is 0 Å². The van der Waals surface area contributed by atoms with Crippen molar-refractivity contribution in [3.05, 3.63) is 16.6 Å². The molecule has 0 spiro atoms. The molecule has 0 radical (unpaired) electrons. The van der Waals surface area contributed by atoms with Gasteiger partial charge >= 0.3 is 0 Å². The number of nitrogens with zero attached hydrogens (tertiary/aromatic N) is 2. The van der Waals surface area contributed by atoms with Gasteiger partial charge in [0.2, 0.25) is 0 Å². The Hall–Kier alpha value is -0.450. The van der Waals surface area contributed by atoms with Crippen LogP contribution >= 0.6 is 11.3 Å². The molecule has 2 heterocycles. The first-order valence-corrected chi connectivity index (χ1v) is 6.94. The maximum absolute atomic E-state index is 5.79. The third-order valence-electron chi connectivity index (χ3n) is 3.72. The van der Waals surface area contributed by atoms with Gasteiger partial charge in [-0.15, -0.1) is 11.3 Å². The van der Waals surface area contributed by atoms with Crippen molar-refractivity contribution >= 4 is 11.3 Å². The lowest BCUT2D eigenvalue weighted by molar-refractivity contribution is 0.0826. The van der Waals surface area contributed by atoms with E-state index in [4.69, 9.17) is 5.73 Å². The monoisotopic (exact) mass is 239 g/mol. The van der Waals surface area contributed by atoms with Crippen molar-refractivity contribution in [3.63, 3.8) is 0 Å².